The zero-order valence-electron chi connectivity index (χ0n) is 21.2. The standard InChI is InChI=1S/C27H38O7Si/c1-21(2)25(28)31-15-10-18-35(34-24-13-8-7-9-14-24,19-11-16-32-26(29)22(3)4)20-12-17-33-27(30)23(5)6/h7-9,13-14H,1,3,5,10-12,15-20H2,2,4,6H3. The van der Waals surface area contributed by atoms with Gasteiger partial charge in [0.15, 0.2) is 0 Å². The van der Waals surface area contributed by atoms with Gasteiger partial charge in [-0.15, -0.1) is 0 Å². The van der Waals surface area contributed by atoms with E-state index >= 15 is 0 Å². The summed E-state index contributed by atoms with van der Waals surface area (Å²) < 4.78 is 22.5. The van der Waals surface area contributed by atoms with Crippen LogP contribution in [0.5, 0.6) is 5.75 Å². The molecule has 0 radical (unpaired) electrons. The average molecular weight is 503 g/mol. The van der Waals surface area contributed by atoms with Gasteiger partial charge in [0.25, 0.3) is 8.32 Å². The molecule has 1 aromatic carbocycles. The van der Waals surface area contributed by atoms with Crippen molar-refractivity contribution in [1.29, 1.82) is 0 Å². The van der Waals surface area contributed by atoms with Crippen molar-refractivity contribution < 1.29 is 33.0 Å². The molecule has 0 aliphatic heterocycles. The molecule has 7 nitrogen and oxygen atoms in total. The van der Waals surface area contributed by atoms with Crippen molar-refractivity contribution >= 4 is 26.2 Å². The number of hydrogen-bond donors (Lipinski definition) is 0. The highest BCUT2D eigenvalue weighted by Crippen LogP contribution is 2.30. The number of hydrogen-bond acceptors (Lipinski definition) is 7. The molecular weight excluding hydrogens is 464 g/mol. The van der Waals surface area contributed by atoms with Crippen LogP contribution in [-0.4, -0.2) is 46.0 Å². The largest absolute Gasteiger partial charge is 0.543 e. The highest BCUT2D eigenvalue weighted by atomic mass is 28.4. The molecule has 0 heterocycles. The first-order chi connectivity index (χ1) is 16.6. The Labute approximate surface area is 209 Å². The van der Waals surface area contributed by atoms with Gasteiger partial charge in [0.1, 0.15) is 5.75 Å². The second kappa shape index (κ2) is 15.7. The van der Waals surface area contributed by atoms with Gasteiger partial charge in [0.05, 0.1) is 19.8 Å². The summed E-state index contributed by atoms with van der Waals surface area (Å²) in [4.78, 5) is 35.3. The Balaban J connectivity index is 2.94. The highest BCUT2D eigenvalue weighted by Gasteiger charge is 2.36. The van der Waals surface area contributed by atoms with Gasteiger partial charge < -0.3 is 18.6 Å². The average Bonchev–Trinajstić information content (AvgIpc) is 2.82. The molecule has 0 bridgehead atoms. The molecule has 8 heteroatoms. The van der Waals surface area contributed by atoms with Crippen molar-refractivity contribution in [3.8, 4) is 5.75 Å². The van der Waals surface area contributed by atoms with Crippen molar-refractivity contribution in [2.75, 3.05) is 19.8 Å². The lowest BCUT2D eigenvalue weighted by atomic mass is 10.3. The molecule has 35 heavy (non-hydrogen) atoms. The molecule has 0 atom stereocenters. The molecule has 0 aliphatic rings. The fraction of sp³-hybridized carbons (Fsp3) is 0.444. The topological polar surface area (TPSA) is 88.1 Å². The van der Waals surface area contributed by atoms with Crippen molar-refractivity contribution in [1.82, 2.24) is 0 Å². The molecular formula is C27H38O7Si. The Morgan fingerprint density at radius 2 is 1.00 bits per heavy atom. The van der Waals surface area contributed by atoms with E-state index in [2.05, 4.69) is 19.7 Å². The zero-order valence-corrected chi connectivity index (χ0v) is 22.2. The van der Waals surface area contributed by atoms with E-state index in [9.17, 15) is 14.4 Å². The van der Waals surface area contributed by atoms with E-state index in [1.54, 1.807) is 20.8 Å². The van der Waals surface area contributed by atoms with Crippen molar-refractivity contribution in [3.05, 3.63) is 66.8 Å². The van der Waals surface area contributed by atoms with Gasteiger partial charge in [-0.3, -0.25) is 0 Å². The predicted octanol–water partition coefficient (Wildman–Crippen LogP) is 5.54. The van der Waals surface area contributed by atoms with Crippen LogP contribution in [0.15, 0.2) is 66.8 Å². The second-order valence-corrected chi connectivity index (χ2v) is 12.7. The Kier molecular flexibility index (Phi) is 13.4. The maximum Gasteiger partial charge on any atom is 0.333 e. The molecule has 0 aromatic heterocycles. The SMILES string of the molecule is C=C(C)C(=O)OCCC[Si](CCCOC(=O)C(=C)C)(CCCOC(=O)C(=C)C)Oc1ccccc1. The summed E-state index contributed by atoms with van der Waals surface area (Å²) in [6.45, 7) is 16.4. The minimum atomic E-state index is -2.48. The van der Waals surface area contributed by atoms with Gasteiger partial charge in [-0.05, 0) is 70.3 Å². The van der Waals surface area contributed by atoms with E-state index in [-0.39, 0.29) is 19.8 Å². The molecule has 0 N–H and O–H groups in total. The predicted molar refractivity (Wildman–Crippen MR) is 138 cm³/mol. The fourth-order valence-electron chi connectivity index (χ4n) is 3.31. The summed E-state index contributed by atoms with van der Waals surface area (Å²) >= 11 is 0. The molecule has 0 amide bonds. The van der Waals surface area contributed by atoms with Gasteiger partial charge in [-0.2, -0.15) is 0 Å². The summed E-state index contributed by atoms with van der Waals surface area (Å²) in [6, 6.07) is 11.7. The first-order valence-corrected chi connectivity index (χ1v) is 14.3. The summed E-state index contributed by atoms with van der Waals surface area (Å²) in [5, 5.41) is 0. The summed E-state index contributed by atoms with van der Waals surface area (Å²) in [6.07, 6.45) is 1.86. The molecule has 0 saturated carbocycles. The van der Waals surface area contributed by atoms with Crippen LogP contribution >= 0.6 is 0 Å². The third kappa shape index (κ3) is 12.2. The third-order valence-corrected chi connectivity index (χ3v) is 9.62. The monoisotopic (exact) mass is 502 g/mol. The van der Waals surface area contributed by atoms with E-state index in [1.807, 2.05) is 30.3 Å². The van der Waals surface area contributed by atoms with Crippen LogP contribution < -0.4 is 4.43 Å². The van der Waals surface area contributed by atoms with Gasteiger partial charge in [0.2, 0.25) is 0 Å². The van der Waals surface area contributed by atoms with Crippen molar-refractivity contribution in [3.63, 3.8) is 0 Å². The second-order valence-electron chi connectivity index (χ2n) is 8.66. The van der Waals surface area contributed by atoms with E-state index in [0.29, 0.717) is 54.1 Å². The summed E-state index contributed by atoms with van der Waals surface area (Å²) in [5.41, 5.74) is 1.06. The van der Waals surface area contributed by atoms with Crippen LogP contribution in [0.3, 0.4) is 0 Å². The lowest BCUT2D eigenvalue weighted by Crippen LogP contribution is -2.42. The van der Waals surface area contributed by atoms with Gasteiger partial charge in [-0.1, -0.05) is 37.9 Å². The Morgan fingerprint density at radius 1 is 0.657 bits per heavy atom. The number of ether oxygens (including phenoxy) is 3. The van der Waals surface area contributed by atoms with Crippen LogP contribution in [0.1, 0.15) is 40.0 Å². The first-order valence-electron chi connectivity index (χ1n) is 11.8. The lowest BCUT2D eigenvalue weighted by molar-refractivity contribution is -0.139. The number of rotatable bonds is 17. The van der Waals surface area contributed by atoms with Gasteiger partial charge >= 0.3 is 17.9 Å². The minimum Gasteiger partial charge on any atom is -0.543 e. The number of carbonyl (C=O) groups excluding carboxylic acids is 3. The first kappa shape index (κ1) is 29.9. The van der Waals surface area contributed by atoms with Crippen LogP contribution in [-0.2, 0) is 28.6 Å². The van der Waals surface area contributed by atoms with Crippen LogP contribution in [0.4, 0.5) is 0 Å². The maximum absolute atomic E-state index is 11.8. The summed E-state index contributed by atoms with van der Waals surface area (Å²) in [5.74, 6) is -0.491. The molecule has 0 fully saturated rings. The molecule has 1 aromatic rings. The van der Waals surface area contributed by atoms with Gasteiger partial charge in [-0.25, -0.2) is 14.4 Å². The fourth-order valence-corrected chi connectivity index (χ4v) is 7.37. The Bertz CT molecular complexity index is 808. The number of esters is 3. The van der Waals surface area contributed by atoms with E-state index in [0.717, 1.165) is 5.75 Å². The smallest absolute Gasteiger partial charge is 0.333 e. The number of benzene rings is 1. The number of carbonyl (C=O) groups is 3. The third-order valence-electron chi connectivity index (χ3n) is 5.15. The Morgan fingerprint density at radius 3 is 1.31 bits per heavy atom. The minimum absolute atomic E-state index is 0.258. The van der Waals surface area contributed by atoms with Crippen molar-refractivity contribution in [2.45, 2.75) is 58.2 Å². The molecule has 0 spiro atoms. The highest BCUT2D eigenvalue weighted by molar-refractivity contribution is 6.74. The Hall–Kier alpha value is -3.13. The maximum atomic E-state index is 11.8. The lowest BCUT2D eigenvalue weighted by Gasteiger charge is -2.32. The number of para-hydroxylation sites is 1. The van der Waals surface area contributed by atoms with Crippen LogP contribution in [0.2, 0.25) is 18.1 Å². The molecule has 0 aliphatic carbocycles. The zero-order chi connectivity index (χ0) is 26.3. The van der Waals surface area contributed by atoms with E-state index < -0.39 is 26.2 Å². The van der Waals surface area contributed by atoms with E-state index in [1.165, 1.54) is 0 Å². The van der Waals surface area contributed by atoms with E-state index in [4.69, 9.17) is 18.6 Å². The quantitative estimate of drug-likeness (QED) is 0.0908. The summed E-state index contributed by atoms with van der Waals surface area (Å²) in [7, 11) is -2.48. The molecule has 192 valence electrons. The molecule has 0 unspecified atom stereocenters. The van der Waals surface area contributed by atoms with Crippen LogP contribution in [0, 0.1) is 0 Å². The van der Waals surface area contributed by atoms with Gasteiger partial charge in [0, 0.05) is 16.7 Å². The van der Waals surface area contributed by atoms with Crippen LogP contribution in [0.25, 0.3) is 0 Å². The molecule has 0 saturated heterocycles. The van der Waals surface area contributed by atoms with Crippen molar-refractivity contribution in [2.24, 2.45) is 0 Å². The normalized spacial score (nSPS) is 10.7. The molecule has 1 rings (SSSR count).